The highest BCUT2D eigenvalue weighted by Gasteiger charge is 2.22. The maximum Gasteiger partial charge on any atom is 0.0877 e. The van der Waals surface area contributed by atoms with Gasteiger partial charge in [-0.3, -0.25) is 0 Å². The normalized spacial score (nSPS) is 22.7. The minimum Gasteiger partial charge on any atom is -0.379 e. The molecule has 1 aliphatic heterocycles. The molecular formula is C15H18ClN3S. The molecule has 3 rings (SSSR count). The van der Waals surface area contributed by atoms with Gasteiger partial charge in [0, 0.05) is 28.7 Å². The highest BCUT2D eigenvalue weighted by atomic mass is 35.5. The van der Waals surface area contributed by atoms with Crippen LogP contribution in [0.3, 0.4) is 0 Å². The molecule has 1 aliphatic rings. The molecule has 1 N–H and O–H groups in total. The summed E-state index contributed by atoms with van der Waals surface area (Å²) >= 11 is 8.19. The number of nitrogens with zero attached hydrogens (tertiary/aromatic N) is 2. The highest BCUT2D eigenvalue weighted by Crippen LogP contribution is 2.31. The first kappa shape index (κ1) is 13.8. The van der Waals surface area contributed by atoms with Crippen molar-refractivity contribution in [1.82, 2.24) is 9.78 Å². The minimum absolute atomic E-state index is 0.488. The average Bonchev–Trinajstić information content (AvgIpc) is 2.95. The molecule has 1 fully saturated rings. The Balaban J connectivity index is 1.89. The number of thioether (sulfide) groups is 1. The Kier molecular flexibility index (Phi) is 4.22. The molecule has 0 spiro atoms. The van der Waals surface area contributed by atoms with E-state index in [2.05, 4.69) is 17.3 Å². The van der Waals surface area contributed by atoms with Crippen LogP contribution in [0.15, 0.2) is 36.7 Å². The van der Waals surface area contributed by atoms with E-state index in [9.17, 15) is 0 Å². The second-order valence-corrected chi connectivity index (χ2v) is 7.00. The largest absolute Gasteiger partial charge is 0.379 e. The molecule has 0 bridgehead atoms. The number of hydrogen-bond acceptors (Lipinski definition) is 3. The van der Waals surface area contributed by atoms with E-state index in [0.29, 0.717) is 11.3 Å². The summed E-state index contributed by atoms with van der Waals surface area (Å²) in [6, 6.07) is 8.32. The zero-order valence-corrected chi connectivity index (χ0v) is 13.0. The van der Waals surface area contributed by atoms with Crippen molar-refractivity contribution in [3.05, 3.63) is 41.7 Å². The van der Waals surface area contributed by atoms with Gasteiger partial charge in [-0.2, -0.15) is 16.9 Å². The third-order valence-corrected chi connectivity index (χ3v) is 5.27. The average molecular weight is 308 g/mol. The SMILES string of the molecule is CC1SCCCC1Nc1cc(Cl)ccc1-n1cccn1. The lowest BCUT2D eigenvalue weighted by molar-refractivity contribution is 0.617. The van der Waals surface area contributed by atoms with E-state index in [1.165, 1.54) is 18.6 Å². The number of halogens is 1. The zero-order valence-electron chi connectivity index (χ0n) is 11.4. The first-order valence-electron chi connectivity index (χ1n) is 6.92. The predicted octanol–water partition coefficient (Wildman–Crippen LogP) is 4.22. The maximum absolute atomic E-state index is 6.16. The topological polar surface area (TPSA) is 29.9 Å². The molecule has 2 heterocycles. The predicted molar refractivity (Wildman–Crippen MR) is 87.1 cm³/mol. The van der Waals surface area contributed by atoms with Crippen LogP contribution in [0.2, 0.25) is 5.02 Å². The molecule has 0 radical (unpaired) electrons. The van der Waals surface area contributed by atoms with E-state index in [1.54, 1.807) is 6.20 Å². The summed E-state index contributed by atoms with van der Waals surface area (Å²) in [6.45, 7) is 2.29. The third kappa shape index (κ3) is 2.96. The second-order valence-electron chi connectivity index (χ2n) is 5.08. The summed E-state index contributed by atoms with van der Waals surface area (Å²) in [6.07, 6.45) is 6.22. The van der Waals surface area contributed by atoms with Gasteiger partial charge in [-0.05, 0) is 42.9 Å². The molecule has 106 valence electrons. The minimum atomic E-state index is 0.488. The summed E-state index contributed by atoms with van der Waals surface area (Å²) < 4.78 is 1.87. The van der Waals surface area contributed by atoms with Crippen molar-refractivity contribution in [3.63, 3.8) is 0 Å². The van der Waals surface area contributed by atoms with Crippen LogP contribution < -0.4 is 5.32 Å². The molecule has 1 aromatic carbocycles. The van der Waals surface area contributed by atoms with Crippen molar-refractivity contribution in [1.29, 1.82) is 0 Å². The van der Waals surface area contributed by atoms with Gasteiger partial charge in [0.2, 0.25) is 0 Å². The lowest BCUT2D eigenvalue weighted by Gasteiger charge is -2.30. The van der Waals surface area contributed by atoms with Crippen molar-refractivity contribution in [2.24, 2.45) is 0 Å². The number of rotatable bonds is 3. The lowest BCUT2D eigenvalue weighted by Crippen LogP contribution is -2.33. The first-order valence-corrected chi connectivity index (χ1v) is 8.34. The number of nitrogens with one attached hydrogen (secondary N) is 1. The Labute approximate surface area is 128 Å². The van der Waals surface area contributed by atoms with E-state index in [1.807, 2.05) is 46.9 Å². The fraction of sp³-hybridized carbons (Fsp3) is 0.400. The van der Waals surface area contributed by atoms with Gasteiger partial charge in [-0.1, -0.05) is 18.5 Å². The summed E-state index contributed by atoms with van der Waals surface area (Å²) in [5.74, 6) is 1.26. The van der Waals surface area contributed by atoms with E-state index in [4.69, 9.17) is 11.6 Å². The number of anilines is 1. The Morgan fingerprint density at radius 2 is 2.35 bits per heavy atom. The van der Waals surface area contributed by atoms with Gasteiger partial charge in [-0.25, -0.2) is 4.68 Å². The van der Waals surface area contributed by atoms with Crippen molar-refractivity contribution in [3.8, 4) is 5.69 Å². The van der Waals surface area contributed by atoms with Crippen molar-refractivity contribution >= 4 is 29.1 Å². The van der Waals surface area contributed by atoms with Crippen LogP contribution in [-0.2, 0) is 0 Å². The van der Waals surface area contributed by atoms with Crippen molar-refractivity contribution in [2.75, 3.05) is 11.1 Å². The van der Waals surface area contributed by atoms with Crippen LogP contribution in [0.25, 0.3) is 5.69 Å². The summed E-state index contributed by atoms with van der Waals surface area (Å²) in [7, 11) is 0. The monoisotopic (exact) mass is 307 g/mol. The quantitative estimate of drug-likeness (QED) is 0.920. The molecule has 1 aromatic heterocycles. The number of hydrogen-bond donors (Lipinski definition) is 1. The molecule has 2 atom stereocenters. The fourth-order valence-corrected chi connectivity index (χ4v) is 3.86. The van der Waals surface area contributed by atoms with Crippen LogP contribution in [-0.4, -0.2) is 26.8 Å². The van der Waals surface area contributed by atoms with Crippen LogP contribution in [0.5, 0.6) is 0 Å². The molecule has 5 heteroatoms. The Bertz CT molecular complexity index is 571. The van der Waals surface area contributed by atoms with Crippen LogP contribution >= 0.6 is 23.4 Å². The molecule has 0 amide bonds. The van der Waals surface area contributed by atoms with Gasteiger partial charge in [-0.15, -0.1) is 0 Å². The maximum atomic E-state index is 6.16. The van der Waals surface area contributed by atoms with E-state index in [0.717, 1.165) is 16.4 Å². The Morgan fingerprint density at radius 1 is 1.45 bits per heavy atom. The summed E-state index contributed by atoms with van der Waals surface area (Å²) in [5.41, 5.74) is 2.10. The van der Waals surface area contributed by atoms with Crippen LogP contribution in [0.4, 0.5) is 5.69 Å². The van der Waals surface area contributed by atoms with Crippen molar-refractivity contribution < 1.29 is 0 Å². The van der Waals surface area contributed by atoms with Crippen LogP contribution in [0, 0.1) is 0 Å². The van der Waals surface area contributed by atoms with Gasteiger partial charge in [0.15, 0.2) is 0 Å². The standard InChI is InChI=1S/C15H18ClN3S/c1-11-13(4-2-9-20-11)18-14-10-12(16)5-6-15(14)19-8-3-7-17-19/h3,5-8,10-11,13,18H,2,4,9H2,1H3. The van der Waals surface area contributed by atoms with Gasteiger partial charge in [0.25, 0.3) is 0 Å². The molecular weight excluding hydrogens is 290 g/mol. The summed E-state index contributed by atoms with van der Waals surface area (Å²) in [5, 5.41) is 9.35. The van der Waals surface area contributed by atoms with Crippen LogP contribution in [0.1, 0.15) is 19.8 Å². The zero-order chi connectivity index (χ0) is 13.9. The highest BCUT2D eigenvalue weighted by molar-refractivity contribution is 8.00. The van der Waals surface area contributed by atoms with E-state index < -0.39 is 0 Å². The Hall–Kier alpha value is -1.13. The fourth-order valence-electron chi connectivity index (χ4n) is 2.55. The summed E-state index contributed by atoms with van der Waals surface area (Å²) in [4.78, 5) is 0. The Morgan fingerprint density at radius 3 is 3.10 bits per heavy atom. The first-order chi connectivity index (χ1) is 9.74. The smallest absolute Gasteiger partial charge is 0.0877 e. The molecule has 1 saturated heterocycles. The van der Waals surface area contributed by atoms with Gasteiger partial charge >= 0.3 is 0 Å². The van der Waals surface area contributed by atoms with Crippen molar-refractivity contribution in [2.45, 2.75) is 31.1 Å². The van der Waals surface area contributed by atoms with Gasteiger partial charge in [0.05, 0.1) is 11.4 Å². The molecule has 2 unspecified atom stereocenters. The van der Waals surface area contributed by atoms with Gasteiger partial charge < -0.3 is 5.32 Å². The molecule has 0 saturated carbocycles. The number of benzene rings is 1. The molecule has 0 aliphatic carbocycles. The third-order valence-electron chi connectivity index (χ3n) is 3.66. The molecule has 2 aromatic rings. The number of aromatic nitrogens is 2. The van der Waals surface area contributed by atoms with E-state index >= 15 is 0 Å². The molecule has 20 heavy (non-hydrogen) atoms. The van der Waals surface area contributed by atoms with Gasteiger partial charge in [0.1, 0.15) is 0 Å². The molecule has 3 nitrogen and oxygen atoms in total. The second kappa shape index (κ2) is 6.10. The lowest BCUT2D eigenvalue weighted by atomic mass is 10.1. The van der Waals surface area contributed by atoms with E-state index in [-0.39, 0.29) is 0 Å².